The highest BCUT2D eigenvalue weighted by molar-refractivity contribution is 7.89. The fourth-order valence-electron chi connectivity index (χ4n) is 5.06. The van der Waals surface area contributed by atoms with Gasteiger partial charge in [0.25, 0.3) is 5.91 Å². The Hall–Kier alpha value is -2.73. The van der Waals surface area contributed by atoms with Gasteiger partial charge in [0.05, 0.1) is 29.3 Å². The third kappa shape index (κ3) is 6.54. The van der Waals surface area contributed by atoms with Gasteiger partial charge in [-0.3, -0.25) is 9.69 Å². The fraction of sp³-hybridized carbons (Fsp3) is 0.500. The van der Waals surface area contributed by atoms with Crippen molar-refractivity contribution < 1.29 is 22.7 Å². The second kappa shape index (κ2) is 12.2. The molecule has 1 amide bonds. The topological polar surface area (TPSA) is 92.3 Å². The summed E-state index contributed by atoms with van der Waals surface area (Å²) in [6.45, 7) is 6.47. The van der Waals surface area contributed by atoms with Crippen molar-refractivity contribution in [3.63, 3.8) is 0 Å². The van der Waals surface area contributed by atoms with Crippen LogP contribution >= 0.6 is 11.3 Å². The Morgan fingerprint density at radius 3 is 2.23 bits per heavy atom. The zero-order valence-electron chi connectivity index (χ0n) is 23.5. The lowest BCUT2D eigenvalue weighted by molar-refractivity contribution is 0.0986. The SMILES string of the molecule is COc1cc2nc(N(CCCN(C)C)C(=O)c3ccc(S(=O)(=O)N4CC(C)CC(C)C4)cc3)sc2cc1OC. The molecule has 2 unspecified atom stereocenters. The van der Waals surface area contributed by atoms with Crippen molar-refractivity contribution in [3.05, 3.63) is 42.0 Å². The molecule has 1 fully saturated rings. The van der Waals surface area contributed by atoms with Crippen LogP contribution in [0.3, 0.4) is 0 Å². The van der Waals surface area contributed by atoms with Gasteiger partial charge in [-0.2, -0.15) is 4.31 Å². The molecule has 212 valence electrons. The minimum Gasteiger partial charge on any atom is -0.493 e. The number of carbonyl (C=O) groups is 1. The molecule has 0 aliphatic carbocycles. The van der Waals surface area contributed by atoms with Crippen LogP contribution in [0.25, 0.3) is 10.2 Å². The summed E-state index contributed by atoms with van der Waals surface area (Å²) in [6, 6.07) is 9.95. The number of amides is 1. The molecule has 0 bridgehead atoms. The van der Waals surface area contributed by atoms with Crippen molar-refractivity contribution >= 4 is 42.6 Å². The average molecular weight is 575 g/mol. The number of sulfonamides is 1. The number of methoxy groups -OCH3 is 2. The Morgan fingerprint density at radius 1 is 1.03 bits per heavy atom. The lowest BCUT2D eigenvalue weighted by Gasteiger charge is -2.34. The summed E-state index contributed by atoms with van der Waals surface area (Å²) < 4.78 is 39.9. The maximum Gasteiger partial charge on any atom is 0.260 e. The molecule has 0 spiro atoms. The fourth-order valence-corrected chi connectivity index (χ4v) is 7.74. The molecule has 2 aromatic carbocycles. The molecule has 2 atom stereocenters. The first-order valence-electron chi connectivity index (χ1n) is 13.1. The molecule has 1 saturated heterocycles. The molecule has 11 heteroatoms. The van der Waals surface area contributed by atoms with Gasteiger partial charge in [-0.1, -0.05) is 25.2 Å². The van der Waals surface area contributed by atoms with Gasteiger partial charge in [-0.15, -0.1) is 0 Å². The van der Waals surface area contributed by atoms with E-state index >= 15 is 0 Å². The van der Waals surface area contributed by atoms with Gasteiger partial charge < -0.3 is 14.4 Å². The van der Waals surface area contributed by atoms with Crippen molar-refractivity contribution in [1.82, 2.24) is 14.2 Å². The number of aromatic nitrogens is 1. The van der Waals surface area contributed by atoms with Crippen LogP contribution in [-0.4, -0.2) is 83.0 Å². The number of anilines is 1. The Bertz CT molecular complexity index is 1350. The predicted octanol–water partition coefficient (Wildman–Crippen LogP) is 4.58. The van der Waals surface area contributed by atoms with E-state index in [1.165, 1.54) is 11.3 Å². The van der Waals surface area contributed by atoms with E-state index in [4.69, 9.17) is 14.5 Å². The van der Waals surface area contributed by atoms with Crippen molar-refractivity contribution in [1.29, 1.82) is 0 Å². The van der Waals surface area contributed by atoms with Crippen LogP contribution in [0.15, 0.2) is 41.3 Å². The van der Waals surface area contributed by atoms with E-state index in [1.54, 1.807) is 53.8 Å². The quantitative estimate of drug-likeness (QED) is 0.350. The zero-order valence-corrected chi connectivity index (χ0v) is 25.1. The molecular weight excluding hydrogens is 536 g/mol. The second-order valence-electron chi connectivity index (χ2n) is 10.6. The highest BCUT2D eigenvalue weighted by atomic mass is 32.2. The van der Waals surface area contributed by atoms with E-state index in [1.807, 2.05) is 20.2 Å². The van der Waals surface area contributed by atoms with Crippen molar-refractivity contribution in [2.24, 2.45) is 11.8 Å². The molecule has 9 nitrogen and oxygen atoms in total. The molecular formula is C28H38N4O5S2. The molecule has 1 aliphatic rings. The van der Waals surface area contributed by atoms with Gasteiger partial charge in [0, 0.05) is 37.3 Å². The maximum atomic E-state index is 13.8. The van der Waals surface area contributed by atoms with Crippen LogP contribution in [-0.2, 0) is 10.0 Å². The van der Waals surface area contributed by atoms with Crippen LogP contribution in [0.4, 0.5) is 5.13 Å². The van der Waals surface area contributed by atoms with E-state index in [0.717, 1.165) is 24.1 Å². The number of thiazole rings is 1. The summed E-state index contributed by atoms with van der Waals surface area (Å²) in [7, 11) is 3.51. The molecule has 1 aromatic heterocycles. The highest BCUT2D eigenvalue weighted by Gasteiger charge is 2.32. The van der Waals surface area contributed by atoms with Crippen molar-refractivity contribution in [2.75, 3.05) is 59.4 Å². The Kier molecular flexibility index (Phi) is 9.15. The summed E-state index contributed by atoms with van der Waals surface area (Å²) in [6.07, 6.45) is 1.77. The van der Waals surface area contributed by atoms with Crippen LogP contribution in [0.2, 0.25) is 0 Å². The van der Waals surface area contributed by atoms with E-state index in [-0.39, 0.29) is 10.8 Å². The highest BCUT2D eigenvalue weighted by Crippen LogP contribution is 2.38. The van der Waals surface area contributed by atoms with E-state index in [0.29, 0.717) is 59.2 Å². The van der Waals surface area contributed by atoms with Crippen LogP contribution in [0.1, 0.15) is 37.0 Å². The average Bonchev–Trinajstić information content (AvgIpc) is 3.31. The third-order valence-corrected chi connectivity index (χ3v) is 9.81. The van der Waals surface area contributed by atoms with Gasteiger partial charge >= 0.3 is 0 Å². The first kappa shape index (κ1) is 29.3. The summed E-state index contributed by atoms with van der Waals surface area (Å²) in [5.41, 5.74) is 1.12. The Balaban J connectivity index is 1.63. The molecule has 0 radical (unpaired) electrons. The molecule has 1 aliphatic heterocycles. The van der Waals surface area contributed by atoms with Crippen molar-refractivity contribution in [2.45, 2.75) is 31.6 Å². The smallest absolute Gasteiger partial charge is 0.260 e. The van der Waals surface area contributed by atoms with E-state index in [2.05, 4.69) is 18.7 Å². The predicted molar refractivity (Wildman–Crippen MR) is 156 cm³/mol. The minimum atomic E-state index is -3.63. The number of hydrogen-bond acceptors (Lipinski definition) is 8. The lowest BCUT2D eigenvalue weighted by atomic mass is 9.94. The van der Waals surface area contributed by atoms with Gasteiger partial charge in [-0.05, 0) is 69.6 Å². The third-order valence-electron chi connectivity index (χ3n) is 6.92. The van der Waals surface area contributed by atoms with Crippen LogP contribution in [0, 0.1) is 11.8 Å². The lowest BCUT2D eigenvalue weighted by Crippen LogP contribution is -2.42. The number of rotatable bonds is 10. The molecule has 3 aromatic rings. The number of ether oxygens (including phenoxy) is 2. The molecule has 0 saturated carbocycles. The molecule has 4 rings (SSSR count). The van der Waals surface area contributed by atoms with Crippen molar-refractivity contribution in [3.8, 4) is 11.5 Å². The largest absolute Gasteiger partial charge is 0.493 e. The normalized spacial score (nSPS) is 18.4. The number of fused-ring (bicyclic) bond motifs is 1. The zero-order chi connectivity index (χ0) is 28.3. The second-order valence-corrected chi connectivity index (χ2v) is 13.5. The van der Waals surface area contributed by atoms with Gasteiger partial charge in [-0.25, -0.2) is 13.4 Å². The summed E-state index contributed by atoms with van der Waals surface area (Å²) in [4.78, 5) is 22.5. The summed E-state index contributed by atoms with van der Waals surface area (Å²) >= 11 is 1.40. The van der Waals surface area contributed by atoms with E-state index < -0.39 is 10.0 Å². The van der Waals surface area contributed by atoms with Gasteiger partial charge in [0.1, 0.15) is 0 Å². The summed E-state index contributed by atoms with van der Waals surface area (Å²) in [5.74, 6) is 1.57. The standard InChI is InChI=1S/C28H38N4O5S2/c1-19-14-20(2)18-31(17-19)39(34,35)22-10-8-21(9-11-22)27(33)32(13-7-12-30(3)4)28-29-23-15-24(36-5)25(37-6)16-26(23)38-28/h8-11,15-16,19-20H,7,12-14,17-18H2,1-6H3. The minimum absolute atomic E-state index is 0.207. The number of hydrogen-bond donors (Lipinski definition) is 0. The molecule has 2 heterocycles. The Labute approximate surface area is 235 Å². The number of benzene rings is 2. The first-order valence-corrected chi connectivity index (χ1v) is 15.4. The summed E-state index contributed by atoms with van der Waals surface area (Å²) in [5, 5.41) is 0.567. The number of piperidine rings is 1. The Morgan fingerprint density at radius 2 is 1.64 bits per heavy atom. The molecule has 0 N–H and O–H groups in total. The monoisotopic (exact) mass is 574 g/mol. The first-order chi connectivity index (χ1) is 18.5. The van der Waals surface area contributed by atoms with E-state index in [9.17, 15) is 13.2 Å². The maximum absolute atomic E-state index is 13.8. The van der Waals surface area contributed by atoms with Gasteiger partial charge in [0.15, 0.2) is 16.6 Å². The van der Waals surface area contributed by atoms with Gasteiger partial charge in [0.2, 0.25) is 10.0 Å². The number of carbonyl (C=O) groups excluding carboxylic acids is 1. The van der Waals surface area contributed by atoms with Crippen LogP contribution < -0.4 is 14.4 Å². The number of nitrogens with zero attached hydrogens (tertiary/aromatic N) is 4. The molecule has 39 heavy (non-hydrogen) atoms. The van der Waals surface area contributed by atoms with Crippen LogP contribution in [0.5, 0.6) is 11.5 Å².